The molecule has 0 saturated carbocycles. The van der Waals surface area contributed by atoms with Gasteiger partial charge in [0.1, 0.15) is 0 Å². The predicted octanol–water partition coefficient (Wildman–Crippen LogP) is 5.59. The summed E-state index contributed by atoms with van der Waals surface area (Å²) in [5, 5.41) is 1.28. The van der Waals surface area contributed by atoms with Crippen LogP contribution >= 0.6 is 0 Å². The Kier molecular flexibility index (Phi) is 3.55. The molecule has 0 bridgehead atoms. The highest BCUT2D eigenvalue weighted by molar-refractivity contribution is 5.87. The molecule has 1 aliphatic carbocycles. The lowest BCUT2D eigenvalue weighted by Crippen LogP contribution is -1.93. The molecule has 0 aliphatic heterocycles. The smallest absolute Gasteiger partial charge is 0.0712 e. The van der Waals surface area contributed by atoms with Crippen molar-refractivity contribution < 1.29 is 0 Å². The molecule has 0 fully saturated rings. The zero-order chi connectivity index (χ0) is 15.6. The van der Waals surface area contributed by atoms with E-state index in [0.29, 0.717) is 0 Å². The van der Waals surface area contributed by atoms with Crippen LogP contribution in [-0.2, 0) is 6.42 Å². The molecule has 1 nitrogen and oxygen atoms in total. The third-order valence-electron chi connectivity index (χ3n) is 4.61. The van der Waals surface area contributed by atoms with Gasteiger partial charge in [-0.2, -0.15) is 0 Å². The number of rotatable bonds is 2. The molecular weight excluding hydrogens is 278 g/mol. The Hall–Kier alpha value is -2.67. The standard InChI is InChI=1S/C22H19N/c1-16-19-12-5-6-13-21(19)23-22-18(14-15-20(16)22)11-7-10-17-8-3-2-4-9-17/h2-13H,14-15H2,1H3. The predicted molar refractivity (Wildman–Crippen MR) is 98.3 cm³/mol. The quantitative estimate of drug-likeness (QED) is 0.601. The van der Waals surface area contributed by atoms with Crippen molar-refractivity contribution in [3.63, 3.8) is 0 Å². The van der Waals surface area contributed by atoms with Gasteiger partial charge in [0, 0.05) is 5.39 Å². The monoisotopic (exact) mass is 297 g/mol. The van der Waals surface area contributed by atoms with E-state index in [1.807, 2.05) is 6.07 Å². The lowest BCUT2D eigenvalue weighted by atomic mass is 10.0. The fourth-order valence-electron chi connectivity index (χ4n) is 3.37. The van der Waals surface area contributed by atoms with Gasteiger partial charge in [-0.15, -0.1) is 0 Å². The molecule has 1 heterocycles. The Morgan fingerprint density at radius 2 is 1.70 bits per heavy atom. The molecular formula is C22H19N. The Bertz CT molecular complexity index is 917. The van der Waals surface area contributed by atoms with Crippen molar-refractivity contribution in [3.8, 4) is 0 Å². The van der Waals surface area contributed by atoms with E-state index in [2.05, 4.69) is 73.7 Å². The number of para-hydroxylation sites is 1. The first kappa shape index (κ1) is 14.0. The second kappa shape index (κ2) is 5.85. The van der Waals surface area contributed by atoms with Crippen molar-refractivity contribution in [3.05, 3.63) is 89.1 Å². The van der Waals surface area contributed by atoms with Crippen molar-refractivity contribution in [1.29, 1.82) is 0 Å². The summed E-state index contributed by atoms with van der Waals surface area (Å²) in [6.07, 6.45) is 8.70. The van der Waals surface area contributed by atoms with Crippen LogP contribution in [0.2, 0.25) is 0 Å². The van der Waals surface area contributed by atoms with Crippen molar-refractivity contribution in [2.24, 2.45) is 0 Å². The average molecular weight is 297 g/mol. The summed E-state index contributed by atoms with van der Waals surface area (Å²) in [7, 11) is 0. The molecule has 0 N–H and O–H groups in total. The van der Waals surface area contributed by atoms with Crippen LogP contribution < -0.4 is 0 Å². The van der Waals surface area contributed by atoms with Crippen molar-refractivity contribution in [1.82, 2.24) is 4.98 Å². The second-order valence-corrected chi connectivity index (χ2v) is 6.04. The fourth-order valence-corrected chi connectivity index (χ4v) is 3.37. The van der Waals surface area contributed by atoms with E-state index in [9.17, 15) is 0 Å². The van der Waals surface area contributed by atoms with E-state index >= 15 is 0 Å². The number of hydrogen-bond donors (Lipinski definition) is 0. The zero-order valence-electron chi connectivity index (χ0n) is 13.3. The van der Waals surface area contributed by atoms with Crippen LogP contribution in [0, 0.1) is 6.92 Å². The summed E-state index contributed by atoms with van der Waals surface area (Å²) in [5.74, 6) is 0. The topological polar surface area (TPSA) is 12.9 Å². The summed E-state index contributed by atoms with van der Waals surface area (Å²) >= 11 is 0. The van der Waals surface area contributed by atoms with E-state index in [4.69, 9.17) is 4.98 Å². The molecule has 1 aromatic heterocycles. The van der Waals surface area contributed by atoms with Crippen molar-refractivity contribution in [2.75, 3.05) is 0 Å². The van der Waals surface area contributed by atoms with Crippen LogP contribution in [0.1, 0.15) is 28.8 Å². The summed E-state index contributed by atoms with van der Waals surface area (Å²) in [5.41, 5.74) is 7.68. The van der Waals surface area contributed by atoms with Crippen LogP contribution in [0.4, 0.5) is 0 Å². The summed E-state index contributed by atoms with van der Waals surface area (Å²) in [6.45, 7) is 2.23. The molecule has 2 aromatic carbocycles. The maximum atomic E-state index is 4.92. The Morgan fingerprint density at radius 3 is 2.57 bits per heavy atom. The van der Waals surface area contributed by atoms with Gasteiger partial charge in [-0.3, -0.25) is 0 Å². The lowest BCUT2D eigenvalue weighted by molar-refractivity contribution is 1.06. The Balaban J connectivity index is 1.73. The number of aryl methyl sites for hydroxylation is 1. The number of fused-ring (bicyclic) bond motifs is 2. The number of aromatic nitrogens is 1. The summed E-state index contributed by atoms with van der Waals surface area (Å²) in [4.78, 5) is 4.92. The second-order valence-electron chi connectivity index (χ2n) is 6.04. The molecule has 0 unspecified atom stereocenters. The summed E-state index contributed by atoms with van der Waals surface area (Å²) in [6, 6.07) is 18.9. The number of nitrogens with zero attached hydrogens (tertiary/aromatic N) is 1. The molecule has 112 valence electrons. The molecule has 0 atom stereocenters. The fraction of sp³-hybridized carbons (Fsp3) is 0.136. The van der Waals surface area contributed by atoms with Gasteiger partial charge in [0.25, 0.3) is 0 Å². The zero-order valence-corrected chi connectivity index (χ0v) is 13.3. The third-order valence-corrected chi connectivity index (χ3v) is 4.61. The SMILES string of the molecule is Cc1c2c(nc3ccccc13)C(=CC=Cc1ccccc1)CC2. The van der Waals surface area contributed by atoms with Gasteiger partial charge in [-0.05, 0) is 48.1 Å². The molecule has 4 rings (SSSR count). The van der Waals surface area contributed by atoms with E-state index in [1.165, 1.54) is 33.3 Å². The molecule has 0 amide bonds. The number of benzene rings is 2. The minimum absolute atomic E-state index is 1.08. The number of allylic oxidation sites excluding steroid dienone is 3. The highest BCUT2D eigenvalue weighted by Crippen LogP contribution is 2.35. The van der Waals surface area contributed by atoms with Gasteiger partial charge in [-0.25, -0.2) is 4.98 Å². The van der Waals surface area contributed by atoms with Gasteiger partial charge < -0.3 is 0 Å². The van der Waals surface area contributed by atoms with Gasteiger partial charge in [0.2, 0.25) is 0 Å². The van der Waals surface area contributed by atoms with E-state index in [-0.39, 0.29) is 0 Å². The number of pyridine rings is 1. The van der Waals surface area contributed by atoms with Gasteiger partial charge in [0.15, 0.2) is 0 Å². The van der Waals surface area contributed by atoms with Crippen LogP contribution in [0.3, 0.4) is 0 Å². The molecule has 3 aromatic rings. The molecule has 23 heavy (non-hydrogen) atoms. The molecule has 0 spiro atoms. The highest BCUT2D eigenvalue weighted by Gasteiger charge is 2.20. The van der Waals surface area contributed by atoms with Crippen molar-refractivity contribution in [2.45, 2.75) is 19.8 Å². The molecule has 0 saturated heterocycles. The Morgan fingerprint density at radius 1 is 0.913 bits per heavy atom. The minimum atomic E-state index is 1.08. The maximum Gasteiger partial charge on any atom is 0.0712 e. The first-order valence-electron chi connectivity index (χ1n) is 8.14. The van der Waals surface area contributed by atoms with E-state index in [0.717, 1.165) is 18.4 Å². The molecule has 1 heteroatoms. The first-order chi connectivity index (χ1) is 11.3. The van der Waals surface area contributed by atoms with Crippen LogP contribution in [0.15, 0.2) is 66.7 Å². The average Bonchev–Trinajstić information content (AvgIpc) is 2.99. The Labute approximate surface area is 137 Å². The molecule has 0 radical (unpaired) electrons. The van der Waals surface area contributed by atoms with Crippen LogP contribution in [0.25, 0.3) is 22.6 Å². The first-order valence-corrected chi connectivity index (χ1v) is 8.14. The van der Waals surface area contributed by atoms with Crippen LogP contribution in [-0.4, -0.2) is 4.98 Å². The van der Waals surface area contributed by atoms with Crippen molar-refractivity contribution >= 4 is 22.6 Å². The van der Waals surface area contributed by atoms with E-state index < -0.39 is 0 Å². The lowest BCUT2D eigenvalue weighted by Gasteiger charge is -2.08. The normalized spacial score (nSPS) is 15.6. The maximum absolute atomic E-state index is 4.92. The van der Waals surface area contributed by atoms with Gasteiger partial charge >= 0.3 is 0 Å². The van der Waals surface area contributed by atoms with Crippen LogP contribution in [0.5, 0.6) is 0 Å². The van der Waals surface area contributed by atoms with Gasteiger partial charge in [-0.1, -0.05) is 66.8 Å². The highest BCUT2D eigenvalue weighted by atomic mass is 14.7. The van der Waals surface area contributed by atoms with Gasteiger partial charge in [0.05, 0.1) is 11.2 Å². The van der Waals surface area contributed by atoms with E-state index in [1.54, 1.807) is 0 Å². The third kappa shape index (κ3) is 2.59. The largest absolute Gasteiger partial charge is 0.248 e. The summed E-state index contributed by atoms with van der Waals surface area (Å²) < 4.78 is 0. The minimum Gasteiger partial charge on any atom is -0.248 e. The molecule has 1 aliphatic rings. The number of hydrogen-bond acceptors (Lipinski definition) is 1.